The number of ether oxygens (including phenoxy) is 1. The van der Waals surface area contributed by atoms with Crippen LogP contribution >= 0.6 is 0 Å². The van der Waals surface area contributed by atoms with Gasteiger partial charge in [-0.25, -0.2) is 0 Å². The van der Waals surface area contributed by atoms with Gasteiger partial charge >= 0.3 is 0 Å². The summed E-state index contributed by atoms with van der Waals surface area (Å²) in [6, 6.07) is 9.80. The van der Waals surface area contributed by atoms with Crippen molar-refractivity contribution in [1.29, 1.82) is 0 Å². The predicted molar refractivity (Wildman–Crippen MR) is 73.6 cm³/mol. The Kier molecular flexibility index (Phi) is 3.37. The van der Waals surface area contributed by atoms with E-state index < -0.39 is 0 Å². The first kappa shape index (κ1) is 12.0. The first-order valence-electron chi connectivity index (χ1n) is 6.44. The van der Waals surface area contributed by atoms with Gasteiger partial charge in [-0.1, -0.05) is 17.3 Å². The van der Waals surface area contributed by atoms with E-state index in [-0.39, 0.29) is 0 Å². The van der Waals surface area contributed by atoms with E-state index in [0.717, 1.165) is 49.1 Å². The van der Waals surface area contributed by atoms with Gasteiger partial charge in [-0.2, -0.15) is 0 Å². The number of hydrogen-bond donors (Lipinski definition) is 1. The third-order valence-electron chi connectivity index (χ3n) is 3.31. The molecule has 0 spiro atoms. The van der Waals surface area contributed by atoms with Gasteiger partial charge in [0, 0.05) is 37.8 Å². The fourth-order valence-electron chi connectivity index (χ4n) is 2.28. The van der Waals surface area contributed by atoms with Crippen molar-refractivity contribution in [3.8, 4) is 17.0 Å². The Morgan fingerprint density at radius 2 is 2.05 bits per heavy atom. The van der Waals surface area contributed by atoms with Crippen molar-refractivity contribution in [2.75, 3.05) is 38.2 Å². The molecule has 1 N–H and O–H groups in total. The van der Waals surface area contributed by atoms with Crippen molar-refractivity contribution in [1.82, 2.24) is 10.5 Å². The van der Waals surface area contributed by atoms with Gasteiger partial charge in [0.25, 0.3) is 0 Å². The third-order valence-corrected chi connectivity index (χ3v) is 3.31. The average Bonchev–Trinajstić information content (AvgIpc) is 2.98. The molecule has 1 aromatic carbocycles. The summed E-state index contributed by atoms with van der Waals surface area (Å²) >= 11 is 0. The fourth-order valence-corrected chi connectivity index (χ4v) is 2.28. The van der Waals surface area contributed by atoms with E-state index in [2.05, 4.69) is 15.4 Å². The first-order chi connectivity index (χ1) is 9.38. The number of nitrogens with zero attached hydrogens (tertiary/aromatic N) is 2. The number of benzene rings is 1. The Balaban J connectivity index is 1.88. The summed E-state index contributed by atoms with van der Waals surface area (Å²) in [6.45, 7) is 3.84. The summed E-state index contributed by atoms with van der Waals surface area (Å²) in [6.07, 6.45) is 0. The maximum absolute atomic E-state index is 5.45. The maximum Gasteiger partial charge on any atom is 0.227 e. The molecule has 0 aliphatic carbocycles. The molecule has 5 nitrogen and oxygen atoms in total. The van der Waals surface area contributed by atoms with Gasteiger partial charge in [0.2, 0.25) is 5.88 Å². The van der Waals surface area contributed by atoms with Crippen LogP contribution < -0.4 is 15.0 Å². The van der Waals surface area contributed by atoms with Gasteiger partial charge in [-0.15, -0.1) is 0 Å². The molecule has 0 radical (unpaired) electrons. The van der Waals surface area contributed by atoms with Crippen molar-refractivity contribution >= 4 is 5.88 Å². The summed E-state index contributed by atoms with van der Waals surface area (Å²) in [5.74, 6) is 1.63. The lowest BCUT2D eigenvalue weighted by atomic mass is 10.1. The van der Waals surface area contributed by atoms with E-state index in [1.165, 1.54) is 0 Å². The van der Waals surface area contributed by atoms with Crippen LogP contribution in [0, 0.1) is 0 Å². The van der Waals surface area contributed by atoms with Crippen LogP contribution in [0.1, 0.15) is 0 Å². The van der Waals surface area contributed by atoms with E-state index >= 15 is 0 Å². The lowest BCUT2D eigenvalue weighted by Gasteiger charge is -2.25. The monoisotopic (exact) mass is 259 g/mol. The van der Waals surface area contributed by atoms with Gasteiger partial charge in [-0.3, -0.25) is 0 Å². The van der Waals surface area contributed by atoms with Gasteiger partial charge in [0.1, 0.15) is 11.4 Å². The Morgan fingerprint density at radius 3 is 2.84 bits per heavy atom. The second-order valence-corrected chi connectivity index (χ2v) is 4.49. The highest BCUT2D eigenvalue weighted by Gasteiger charge is 2.17. The largest absolute Gasteiger partial charge is 0.496 e. The highest BCUT2D eigenvalue weighted by Crippen LogP contribution is 2.31. The van der Waals surface area contributed by atoms with Crippen LogP contribution in [0.5, 0.6) is 5.75 Å². The third kappa shape index (κ3) is 2.42. The van der Waals surface area contributed by atoms with Gasteiger partial charge < -0.3 is 19.5 Å². The van der Waals surface area contributed by atoms with Crippen LogP contribution in [-0.4, -0.2) is 38.4 Å². The molecule has 0 bridgehead atoms. The van der Waals surface area contributed by atoms with E-state index in [9.17, 15) is 0 Å². The van der Waals surface area contributed by atoms with E-state index in [1.807, 2.05) is 30.3 Å². The molecule has 0 atom stereocenters. The van der Waals surface area contributed by atoms with Crippen molar-refractivity contribution in [2.45, 2.75) is 0 Å². The number of piperazine rings is 1. The Bertz CT molecular complexity index is 547. The van der Waals surface area contributed by atoms with E-state index in [4.69, 9.17) is 9.26 Å². The summed E-state index contributed by atoms with van der Waals surface area (Å²) in [4.78, 5) is 2.20. The Labute approximate surface area is 112 Å². The second kappa shape index (κ2) is 5.32. The molecule has 2 aromatic rings. The molecular weight excluding hydrogens is 242 g/mol. The zero-order valence-corrected chi connectivity index (χ0v) is 10.9. The van der Waals surface area contributed by atoms with Crippen LogP contribution in [0.2, 0.25) is 0 Å². The Morgan fingerprint density at radius 1 is 1.26 bits per heavy atom. The predicted octanol–water partition coefficient (Wildman–Crippen LogP) is 1.76. The minimum atomic E-state index is 0.808. The van der Waals surface area contributed by atoms with Gasteiger partial charge in [-0.05, 0) is 12.1 Å². The number of para-hydroxylation sites is 1. The van der Waals surface area contributed by atoms with Gasteiger partial charge in [0.05, 0.1) is 7.11 Å². The smallest absolute Gasteiger partial charge is 0.227 e. The normalized spacial score (nSPS) is 15.5. The fraction of sp³-hybridized carbons (Fsp3) is 0.357. The van der Waals surface area contributed by atoms with Crippen LogP contribution in [0.25, 0.3) is 11.3 Å². The zero-order valence-electron chi connectivity index (χ0n) is 10.9. The second-order valence-electron chi connectivity index (χ2n) is 4.49. The Hall–Kier alpha value is -2.01. The summed E-state index contributed by atoms with van der Waals surface area (Å²) in [7, 11) is 1.66. The molecule has 1 aromatic heterocycles. The lowest BCUT2D eigenvalue weighted by Crippen LogP contribution is -2.43. The molecule has 1 saturated heterocycles. The topological polar surface area (TPSA) is 50.5 Å². The summed E-state index contributed by atoms with van der Waals surface area (Å²) in [5.41, 5.74) is 1.76. The van der Waals surface area contributed by atoms with Crippen LogP contribution in [0.15, 0.2) is 34.9 Å². The standard InChI is InChI=1S/C14H17N3O2/c1-18-13-5-3-2-4-11(13)12-10-14(19-16-12)17-8-6-15-7-9-17/h2-5,10,15H,6-9H2,1H3. The van der Waals surface area contributed by atoms with Crippen molar-refractivity contribution in [3.63, 3.8) is 0 Å². The molecule has 19 heavy (non-hydrogen) atoms. The maximum atomic E-state index is 5.45. The number of methoxy groups -OCH3 is 1. The summed E-state index contributed by atoms with van der Waals surface area (Å²) in [5, 5.41) is 7.47. The number of nitrogens with one attached hydrogen (secondary N) is 1. The lowest BCUT2D eigenvalue weighted by molar-refractivity contribution is 0.405. The molecule has 5 heteroatoms. The number of hydrogen-bond acceptors (Lipinski definition) is 5. The number of anilines is 1. The molecule has 0 amide bonds. The molecule has 100 valence electrons. The van der Waals surface area contributed by atoms with E-state index in [0.29, 0.717) is 0 Å². The van der Waals surface area contributed by atoms with Crippen LogP contribution in [-0.2, 0) is 0 Å². The minimum absolute atomic E-state index is 0.808. The number of rotatable bonds is 3. The molecule has 1 aliphatic heterocycles. The zero-order chi connectivity index (χ0) is 13.1. The highest BCUT2D eigenvalue weighted by atomic mass is 16.5. The molecule has 0 unspecified atom stereocenters. The first-order valence-corrected chi connectivity index (χ1v) is 6.44. The molecule has 2 heterocycles. The average molecular weight is 259 g/mol. The van der Waals surface area contributed by atoms with Crippen LogP contribution in [0.3, 0.4) is 0 Å². The van der Waals surface area contributed by atoms with E-state index in [1.54, 1.807) is 7.11 Å². The van der Waals surface area contributed by atoms with Gasteiger partial charge in [0.15, 0.2) is 0 Å². The molecule has 0 saturated carbocycles. The number of aromatic nitrogens is 1. The molecule has 1 aliphatic rings. The summed E-state index contributed by atoms with van der Waals surface area (Å²) < 4.78 is 10.8. The SMILES string of the molecule is COc1ccccc1-c1cc(N2CCNCC2)on1. The molecule has 1 fully saturated rings. The molecular formula is C14H17N3O2. The quantitative estimate of drug-likeness (QED) is 0.910. The highest BCUT2D eigenvalue weighted by molar-refractivity contribution is 5.68. The molecule has 3 rings (SSSR count). The minimum Gasteiger partial charge on any atom is -0.496 e. The van der Waals surface area contributed by atoms with Crippen molar-refractivity contribution in [2.24, 2.45) is 0 Å². The van der Waals surface area contributed by atoms with Crippen molar-refractivity contribution < 1.29 is 9.26 Å². The van der Waals surface area contributed by atoms with Crippen LogP contribution in [0.4, 0.5) is 5.88 Å². The van der Waals surface area contributed by atoms with Crippen molar-refractivity contribution in [3.05, 3.63) is 30.3 Å².